The molecule has 2 heterocycles. The van der Waals surface area contributed by atoms with Gasteiger partial charge in [0.2, 0.25) is 6.79 Å². The number of benzene rings is 2. The van der Waals surface area contributed by atoms with E-state index in [9.17, 15) is 10.1 Å². The number of halogens is 1. The molecule has 0 N–H and O–H groups in total. The molecule has 1 atom stereocenters. The highest BCUT2D eigenvalue weighted by molar-refractivity contribution is 6.30. The molecular formula is C20H18ClN3O3. The summed E-state index contributed by atoms with van der Waals surface area (Å²) < 4.78 is 10.6. The van der Waals surface area contributed by atoms with Gasteiger partial charge in [-0.15, -0.1) is 0 Å². The number of carbonyl (C=O) groups excluding carboxylic acids is 1. The van der Waals surface area contributed by atoms with Crippen LogP contribution in [0.3, 0.4) is 0 Å². The van der Waals surface area contributed by atoms with Gasteiger partial charge in [0, 0.05) is 36.8 Å². The number of fused-ring (bicyclic) bond motifs is 1. The summed E-state index contributed by atoms with van der Waals surface area (Å²) in [5, 5.41) is 10.3. The minimum absolute atomic E-state index is 0.0343. The lowest BCUT2D eigenvalue weighted by molar-refractivity contribution is 0.0606. The number of rotatable bonds is 3. The first-order valence-electron chi connectivity index (χ1n) is 8.74. The summed E-state index contributed by atoms with van der Waals surface area (Å²) in [5.41, 5.74) is 1.50. The Kier molecular flexibility index (Phi) is 4.88. The maximum absolute atomic E-state index is 12.8. The molecule has 138 valence electrons. The number of nitriles is 1. The molecule has 7 heteroatoms. The summed E-state index contributed by atoms with van der Waals surface area (Å²) in [7, 11) is 0. The zero-order chi connectivity index (χ0) is 18.8. The number of piperazine rings is 1. The Morgan fingerprint density at radius 3 is 2.44 bits per heavy atom. The van der Waals surface area contributed by atoms with Crippen molar-refractivity contribution in [3.63, 3.8) is 0 Å². The van der Waals surface area contributed by atoms with Crippen LogP contribution in [0.5, 0.6) is 11.5 Å². The second-order valence-corrected chi connectivity index (χ2v) is 6.92. The largest absolute Gasteiger partial charge is 0.454 e. The second-order valence-electron chi connectivity index (χ2n) is 6.48. The van der Waals surface area contributed by atoms with Crippen molar-refractivity contribution < 1.29 is 14.3 Å². The molecule has 0 aromatic heterocycles. The Morgan fingerprint density at radius 2 is 1.74 bits per heavy atom. The molecule has 2 aliphatic heterocycles. The van der Waals surface area contributed by atoms with Crippen molar-refractivity contribution in [1.29, 1.82) is 5.26 Å². The lowest BCUT2D eigenvalue weighted by Crippen LogP contribution is -2.49. The van der Waals surface area contributed by atoms with E-state index < -0.39 is 0 Å². The third kappa shape index (κ3) is 3.57. The molecule has 0 spiro atoms. The molecule has 4 rings (SSSR count). The first kappa shape index (κ1) is 17.7. The second kappa shape index (κ2) is 7.47. The van der Waals surface area contributed by atoms with Gasteiger partial charge in [-0.05, 0) is 35.9 Å². The SMILES string of the molecule is N#CC(c1ccc(Cl)cc1)N1CCN(C(=O)c2ccc3c(c2)OCO3)CC1. The van der Waals surface area contributed by atoms with Crippen LogP contribution in [-0.4, -0.2) is 48.7 Å². The van der Waals surface area contributed by atoms with Crippen LogP contribution in [0.15, 0.2) is 42.5 Å². The van der Waals surface area contributed by atoms with Gasteiger partial charge < -0.3 is 14.4 Å². The summed E-state index contributed by atoms with van der Waals surface area (Å²) in [6, 6.07) is 14.6. The Balaban J connectivity index is 1.41. The zero-order valence-electron chi connectivity index (χ0n) is 14.6. The minimum Gasteiger partial charge on any atom is -0.454 e. The molecule has 1 saturated heterocycles. The van der Waals surface area contributed by atoms with E-state index >= 15 is 0 Å². The predicted molar refractivity (Wildman–Crippen MR) is 99.8 cm³/mol. The fourth-order valence-corrected chi connectivity index (χ4v) is 3.53. The number of amides is 1. The molecule has 1 fully saturated rings. The summed E-state index contributed by atoms with van der Waals surface area (Å²) in [6.07, 6.45) is 0. The van der Waals surface area contributed by atoms with Crippen molar-refractivity contribution in [2.24, 2.45) is 0 Å². The van der Waals surface area contributed by atoms with Crippen LogP contribution in [-0.2, 0) is 0 Å². The van der Waals surface area contributed by atoms with Crippen molar-refractivity contribution >= 4 is 17.5 Å². The zero-order valence-corrected chi connectivity index (χ0v) is 15.4. The van der Waals surface area contributed by atoms with Gasteiger partial charge in [0.15, 0.2) is 11.5 Å². The fraction of sp³-hybridized carbons (Fsp3) is 0.300. The normalized spacial score (nSPS) is 17.4. The first-order valence-corrected chi connectivity index (χ1v) is 9.11. The van der Waals surface area contributed by atoms with Gasteiger partial charge in [-0.2, -0.15) is 5.26 Å². The van der Waals surface area contributed by atoms with Crippen LogP contribution < -0.4 is 9.47 Å². The van der Waals surface area contributed by atoms with Gasteiger partial charge in [0.25, 0.3) is 5.91 Å². The van der Waals surface area contributed by atoms with E-state index in [4.69, 9.17) is 21.1 Å². The fourth-order valence-electron chi connectivity index (χ4n) is 3.41. The van der Waals surface area contributed by atoms with Crippen LogP contribution in [0.2, 0.25) is 5.02 Å². The Bertz CT molecular complexity index is 886. The van der Waals surface area contributed by atoms with Crippen molar-refractivity contribution in [3.8, 4) is 17.6 Å². The van der Waals surface area contributed by atoms with Crippen LogP contribution >= 0.6 is 11.6 Å². The molecule has 2 aromatic carbocycles. The Hall–Kier alpha value is -2.75. The monoisotopic (exact) mass is 383 g/mol. The third-order valence-corrected chi connectivity index (χ3v) is 5.15. The summed E-state index contributed by atoms with van der Waals surface area (Å²) in [5.74, 6) is 1.23. The van der Waals surface area contributed by atoms with E-state index in [0.717, 1.165) is 5.56 Å². The molecule has 0 bridgehead atoms. The number of ether oxygens (including phenoxy) is 2. The topological polar surface area (TPSA) is 65.8 Å². The Labute approximate surface area is 162 Å². The van der Waals surface area contributed by atoms with Gasteiger partial charge in [-0.25, -0.2) is 0 Å². The van der Waals surface area contributed by atoms with Crippen LogP contribution in [0, 0.1) is 11.3 Å². The summed E-state index contributed by atoms with van der Waals surface area (Å²) in [4.78, 5) is 16.7. The molecule has 1 unspecified atom stereocenters. The van der Waals surface area contributed by atoms with E-state index in [1.54, 1.807) is 30.3 Å². The van der Waals surface area contributed by atoms with Crippen molar-refractivity contribution in [3.05, 3.63) is 58.6 Å². The van der Waals surface area contributed by atoms with Gasteiger partial charge in [-0.3, -0.25) is 9.69 Å². The maximum Gasteiger partial charge on any atom is 0.254 e. The van der Waals surface area contributed by atoms with Crippen molar-refractivity contribution in [2.45, 2.75) is 6.04 Å². The summed E-state index contributed by atoms with van der Waals surface area (Å²) >= 11 is 5.94. The van der Waals surface area contributed by atoms with E-state index in [0.29, 0.717) is 48.3 Å². The standard InChI is InChI=1S/C20H18ClN3O3/c21-16-4-1-14(2-5-16)17(12-22)23-7-9-24(10-8-23)20(25)15-3-6-18-19(11-15)27-13-26-18/h1-6,11,17H,7-10,13H2. The lowest BCUT2D eigenvalue weighted by atomic mass is 10.1. The highest BCUT2D eigenvalue weighted by Crippen LogP contribution is 2.33. The molecule has 6 nitrogen and oxygen atoms in total. The molecule has 0 aliphatic carbocycles. The smallest absolute Gasteiger partial charge is 0.254 e. The minimum atomic E-state index is -0.343. The molecule has 0 saturated carbocycles. The molecule has 1 amide bonds. The maximum atomic E-state index is 12.8. The first-order chi connectivity index (χ1) is 13.2. The quantitative estimate of drug-likeness (QED) is 0.814. The lowest BCUT2D eigenvalue weighted by Gasteiger charge is -2.37. The third-order valence-electron chi connectivity index (χ3n) is 4.89. The van der Waals surface area contributed by atoms with E-state index in [2.05, 4.69) is 11.0 Å². The molecule has 27 heavy (non-hydrogen) atoms. The van der Waals surface area contributed by atoms with Crippen LogP contribution in [0.4, 0.5) is 0 Å². The number of carbonyl (C=O) groups is 1. The van der Waals surface area contributed by atoms with Crippen LogP contribution in [0.25, 0.3) is 0 Å². The number of hydrogen-bond donors (Lipinski definition) is 0. The van der Waals surface area contributed by atoms with E-state index in [1.165, 1.54) is 0 Å². The Morgan fingerprint density at radius 1 is 1.04 bits per heavy atom. The molecular weight excluding hydrogens is 366 g/mol. The predicted octanol–water partition coefficient (Wildman–Crippen LogP) is 3.09. The highest BCUT2D eigenvalue weighted by Gasteiger charge is 2.28. The van der Waals surface area contributed by atoms with E-state index in [-0.39, 0.29) is 18.7 Å². The number of nitrogens with zero attached hydrogens (tertiary/aromatic N) is 3. The molecule has 2 aliphatic rings. The van der Waals surface area contributed by atoms with Crippen LogP contribution in [0.1, 0.15) is 22.0 Å². The van der Waals surface area contributed by atoms with Gasteiger partial charge in [0.05, 0.1) is 6.07 Å². The molecule has 2 aromatic rings. The number of hydrogen-bond acceptors (Lipinski definition) is 5. The average Bonchev–Trinajstić information content (AvgIpc) is 3.18. The van der Waals surface area contributed by atoms with E-state index in [1.807, 2.05) is 17.0 Å². The van der Waals surface area contributed by atoms with Gasteiger partial charge in [-0.1, -0.05) is 23.7 Å². The van der Waals surface area contributed by atoms with Crippen molar-refractivity contribution in [1.82, 2.24) is 9.80 Å². The van der Waals surface area contributed by atoms with Gasteiger partial charge >= 0.3 is 0 Å². The van der Waals surface area contributed by atoms with Crippen molar-refractivity contribution in [2.75, 3.05) is 33.0 Å². The average molecular weight is 384 g/mol. The highest BCUT2D eigenvalue weighted by atomic mass is 35.5. The molecule has 0 radical (unpaired) electrons. The van der Waals surface area contributed by atoms with Gasteiger partial charge in [0.1, 0.15) is 6.04 Å². The summed E-state index contributed by atoms with van der Waals surface area (Å²) in [6.45, 7) is 2.60.